The van der Waals surface area contributed by atoms with E-state index in [0.29, 0.717) is 0 Å². The van der Waals surface area contributed by atoms with E-state index in [-0.39, 0.29) is 11.6 Å². The molecule has 0 spiro atoms. The van der Waals surface area contributed by atoms with Gasteiger partial charge in [0.2, 0.25) is 0 Å². The minimum absolute atomic E-state index is 0.0210. The van der Waals surface area contributed by atoms with E-state index in [9.17, 15) is 9.90 Å². The Morgan fingerprint density at radius 1 is 1.19 bits per heavy atom. The number of hydrogen-bond donors (Lipinski definition) is 1. The summed E-state index contributed by atoms with van der Waals surface area (Å²) >= 11 is 0. The smallest absolute Gasteiger partial charge is 0.384 e. The number of hydrogen-bond acceptors (Lipinski definition) is 6. The normalized spacial score (nSPS) is 22.9. The van der Waals surface area contributed by atoms with Crippen LogP contribution in [0.4, 0.5) is 0 Å². The Bertz CT molecular complexity index is 803. The van der Waals surface area contributed by atoms with Gasteiger partial charge in [-0.2, -0.15) is 0 Å². The predicted octanol–water partition coefficient (Wildman–Crippen LogP) is 4.20. The van der Waals surface area contributed by atoms with Crippen molar-refractivity contribution >= 4 is 14.3 Å². The fourth-order valence-electron chi connectivity index (χ4n) is 3.14. The monoisotopic (exact) mass is 448 g/mol. The minimum Gasteiger partial charge on any atom is -0.456 e. The van der Waals surface area contributed by atoms with Crippen molar-refractivity contribution in [3.63, 3.8) is 0 Å². The molecule has 1 aromatic carbocycles. The molecule has 0 amide bonds. The van der Waals surface area contributed by atoms with Gasteiger partial charge in [-0.25, -0.2) is 4.79 Å². The van der Waals surface area contributed by atoms with E-state index in [1.165, 1.54) is 0 Å². The fraction of sp³-hybridized carbons (Fsp3) is 0.625. The molecule has 1 N–H and O–H groups in total. The summed E-state index contributed by atoms with van der Waals surface area (Å²) < 4.78 is 23.9. The van der Waals surface area contributed by atoms with Gasteiger partial charge in [-0.05, 0) is 44.5 Å². The second-order valence-electron chi connectivity index (χ2n) is 9.71. The molecule has 1 saturated heterocycles. The van der Waals surface area contributed by atoms with E-state index in [4.69, 9.17) is 18.6 Å². The van der Waals surface area contributed by atoms with Crippen molar-refractivity contribution < 1.29 is 28.5 Å². The maximum Gasteiger partial charge on any atom is 0.384 e. The molecule has 0 aliphatic carbocycles. The summed E-state index contributed by atoms with van der Waals surface area (Å²) in [5, 5.41) is 10.8. The molecule has 0 aromatic heterocycles. The van der Waals surface area contributed by atoms with Crippen LogP contribution in [0.25, 0.3) is 0 Å². The van der Waals surface area contributed by atoms with Gasteiger partial charge in [0.25, 0.3) is 0 Å². The van der Waals surface area contributed by atoms with Crippen LogP contribution in [0.5, 0.6) is 0 Å². The van der Waals surface area contributed by atoms with Crippen molar-refractivity contribution in [2.75, 3.05) is 6.61 Å². The van der Waals surface area contributed by atoms with Gasteiger partial charge in [-0.15, -0.1) is 0 Å². The van der Waals surface area contributed by atoms with Crippen molar-refractivity contribution in [1.82, 2.24) is 0 Å². The summed E-state index contributed by atoms with van der Waals surface area (Å²) in [7, 11) is -2.20. The van der Waals surface area contributed by atoms with Crippen LogP contribution in [0.2, 0.25) is 18.1 Å². The van der Waals surface area contributed by atoms with Gasteiger partial charge in [0, 0.05) is 5.92 Å². The number of aliphatic hydroxyl groups is 1. The first kappa shape index (κ1) is 25.6. The van der Waals surface area contributed by atoms with Gasteiger partial charge >= 0.3 is 5.97 Å². The third-order valence-corrected chi connectivity index (χ3v) is 10.2. The van der Waals surface area contributed by atoms with Crippen molar-refractivity contribution in [3.8, 4) is 11.8 Å². The average Bonchev–Trinajstić information content (AvgIpc) is 2.99. The molecule has 0 radical (unpaired) electrons. The summed E-state index contributed by atoms with van der Waals surface area (Å²) in [6.07, 6.45) is -3.12. The second kappa shape index (κ2) is 9.84. The maximum absolute atomic E-state index is 11.6. The summed E-state index contributed by atoms with van der Waals surface area (Å²) in [5.74, 6) is 3.26. The molecule has 31 heavy (non-hydrogen) atoms. The molecule has 0 unspecified atom stereocenters. The standard InChI is InChI=1S/C24H36O6Si/c1-9-27-19(26)16-15-18(25)21-22(29-24(5,6)28-21)20(17-13-11-10-12-14-17)30-31(7,8)23(2,3)4/h10-14,18,20-22,25H,9H2,1-8H3/t18-,20-,21+,22+/m1/s1. The Morgan fingerprint density at radius 2 is 1.77 bits per heavy atom. The van der Waals surface area contributed by atoms with Gasteiger partial charge in [0.15, 0.2) is 14.1 Å². The molecular formula is C24H36O6Si. The number of rotatable bonds is 6. The third-order valence-electron chi connectivity index (χ3n) is 5.73. The summed E-state index contributed by atoms with van der Waals surface area (Å²) in [6, 6.07) is 9.81. The highest BCUT2D eigenvalue weighted by atomic mass is 28.4. The first-order valence-corrected chi connectivity index (χ1v) is 13.6. The second-order valence-corrected chi connectivity index (χ2v) is 14.5. The summed E-state index contributed by atoms with van der Waals surface area (Å²) in [4.78, 5) is 11.6. The number of ether oxygens (including phenoxy) is 3. The van der Waals surface area contributed by atoms with Gasteiger partial charge in [-0.3, -0.25) is 0 Å². The van der Waals surface area contributed by atoms with Crippen LogP contribution in [0.3, 0.4) is 0 Å². The van der Waals surface area contributed by atoms with Crippen molar-refractivity contribution in [1.29, 1.82) is 0 Å². The lowest BCUT2D eigenvalue weighted by Crippen LogP contribution is -2.47. The largest absolute Gasteiger partial charge is 0.456 e. The molecule has 0 bridgehead atoms. The first-order chi connectivity index (χ1) is 14.3. The predicted molar refractivity (Wildman–Crippen MR) is 122 cm³/mol. The van der Waals surface area contributed by atoms with Crippen molar-refractivity contribution in [2.24, 2.45) is 0 Å². The van der Waals surface area contributed by atoms with Crippen LogP contribution in [-0.4, -0.2) is 50.1 Å². The Balaban J connectivity index is 2.42. The number of aliphatic hydroxyl groups excluding tert-OH is 1. The molecule has 0 saturated carbocycles. The highest BCUT2D eigenvalue weighted by molar-refractivity contribution is 6.74. The van der Waals surface area contributed by atoms with Crippen LogP contribution in [0, 0.1) is 11.8 Å². The molecule has 1 fully saturated rings. The molecule has 1 aromatic rings. The molecule has 1 heterocycles. The minimum atomic E-state index is -2.20. The lowest BCUT2D eigenvalue weighted by molar-refractivity contribution is -0.158. The molecule has 6 nitrogen and oxygen atoms in total. The topological polar surface area (TPSA) is 74.2 Å². The van der Waals surface area contributed by atoms with Crippen LogP contribution < -0.4 is 0 Å². The zero-order valence-electron chi connectivity index (χ0n) is 19.9. The Hall–Kier alpha value is -1.69. The molecule has 7 heteroatoms. The summed E-state index contributed by atoms with van der Waals surface area (Å²) in [5.41, 5.74) is 0.939. The SMILES string of the molecule is CCOC(=O)C#C[C@@H](O)[C@@H]1OC(C)(C)O[C@H]1[C@H](O[Si](C)(C)C(C)(C)C)c1ccccc1. The highest BCUT2D eigenvalue weighted by Crippen LogP contribution is 2.44. The zero-order valence-corrected chi connectivity index (χ0v) is 20.9. The zero-order chi connectivity index (χ0) is 23.4. The maximum atomic E-state index is 11.6. The number of esters is 1. The molecule has 1 aliphatic rings. The Labute approximate surface area is 187 Å². The number of carbonyl (C=O) groups excluding carboxylic acids is 1. The van der Waals surface area contributed by atoms with E-state index >= 15 is 0 Å². The van der Waals surface area contributed by atoms with Crippen LogP contribution in [0.15, 0.2) is 30.3 Å². The number of benzene rings is 1. The van der Waals surface area contributed by atoms with Crippen molar-refractivity contribution in [3.05, 3.63) is 35.9 Å². The van der Waals surface area contributed by atoms with E-state index < -0.39 is 44.5 Å². The van der Waals surface area contributed by atoms with Gasteiger partial charge in [-0.1, -0.05) is 57.0 Å². The van der Waals surface area contributed by atoms with Crippen molar-refractivity contribution in [2.45, 2.75) is 89.9 Å². The lowest BCUT2D eigenvalue weighted by Gasteiger charge is -2.41. The molecule has 172 valence electrons. The molecule has 4 atom stereocenters. The third kappa shape index (κ3) is 6.64. The van der Waals surface area contributed by atoms with Crippen LogP contribution in [-0.2, 0) is 23.4 Å². The average molecular weight is 449 g/mol. The summed E-state index contributed by atoms with van der Waals surface area (Å²) in [6.45, 7) is 16.4. The molecule has 2 rings (SSSR count). The quantitative estimate of drug-likeness (QED) is 0.304. The highest BCUT2D eigenvalue weighted by Gasteiger charge is 2.51. The van der Waals surface area contributed by atoms with Crippen LogP contribution >= 0.6 is 0 Å². The first-order valence-electron chi connectivity index (χ1n) is 10.7. The van der Waals surface area contributed by atoms with Gasteiger partial charge < -0.3 is 23.7 Å². The van der Waals surface area contributed by atoms with E-state index in [2.05, 4.69) is 45.7 Å². The molecular weight excluding hydrogens is 412 g/mol. The van der Waals surface area contributed by atoms with E-state index in [1.807, 2.05) is 30.3 Å². The fourth-order valence-corrected chi connectivity index (χ4v) is 4.40. The van der Waals surface area contributed by atoms with E-state index in [1.54, 1.807) is 20.8 Å². The molecule has 1 aliphatic heterocycles. The Kier molecular flexibility index (Phi) is 8.12. The van der Waals surface area contributed by atoms with Gasteiger partial charge in [0.1, 0.15) is 18.3 Å². The van der Waals surface area contributed by atoms with E-state index in [0.717, 1.165) is 5.56 Å². The Morgan fingerprint density at radius 3 is 2.32 bits per heavy atom. The number of carbonyl (C=O) groups is 1. The van der Waals surface area contributed by atoms with Crippen LogP contribution in [0.1, 0.15) is 53.2 Å². The van der Waals surface area contributed by atoms with Gasteiger partial charge in [0.05, 0.1) is 12.7 Å². The lowest BCUT2D eigenvalue weighted by atomic mass is 9.97.